The van der Waals surface area contributed by atoms with Crippen molar-refractivity contribution in [2.24, 2.45) is 4.99 Å². The zero-order valence-corrected chi connectivity index (χ0v) is 17.8. The minimum Gasteiger partial charge on any atom is -0.482 e. The number of amides is 1. The van der Waals surface area contributed by atoms with E-state index in [0.717, 1.165) is 29.7 Å². The van der Waals surface area contributed by atoms with Crippen molar-refractivity contribution < 1.29 is 19.4 Å². The largest absolute Gasteiger partial charge is 0.482 e. The van der Waals surface area contributed by atoms with E-state index in [1.165, 1.54) is 11.8 Å². The van der Waals surface area contributed by atoms with Gasteiger partial charge in [-0.2, -0.15) is 0 Å². The maximum atomic E-state index is 13.0. The van der Waals surface area contributed by atoms with Crippen LogP contribution in [0.3, 0.4) is 0 Å². The van der Waals surface area contributed by atoms with E-state index in [2.05, 4.69) is 6.92 Å². The predicted molar refractivity (Wildman–Crippen MR) is 120 cm³/mol. The minimum atomic E-state index is -1.04. The normalized spacial score (nSPS) is 16.5. The summed E-state index contributed by atoms with van der Waals surface area (Å²) in [6, 6.07) is 14.9. The summed E-state index contributed by atoms with van der Waals surface area (Å²) in [5.41, 5.74) is 2.73. The lowest BCUT2D eigenvalue weighted by molar-refractivity contribution is -0.139. The third-order valence-electron chi connectivity index (χ3n) is 4.40. The summed E-state index contributed by atoms with van der Waals surface area (Å²) in [4.78, 5) is 30.7. The monoisotopic (exact) mass is 424 g/mol. The highest BCUT2D eigenvalue weighted by Gasteiger charge is 2.32. The molecule has 6 nitrogen and oxygen atoms in total. The fourth-order valence-electron chi connectivity index (χ4n) is 2.83. The zero-order chi connectivity index (χ0) is 21.5. The van der Waals surface area contributed by atoms with Gasteiger partial charge in [-0.1, -0.05) is 43.2 Å². The number of unbranched alkanes of at least 4 members (excludes halogenated alkanes) is 1. The third-order valence-corrected chi connectivity index (χ3v) is 5.41. The molecule has 30 heavy (non-hydrogen) atoms. The number of rotatable bonds is 8. The summed E-state index contributed by atoms with van der Waals surface area (Å²) < 4.78 is 5.23. The standard InChI is InChI=1S/C23H24N2O4S/c1-3-4-12-25-22(28)20(30-23(25)24-18-10-8-16(2)9-11-18)14-17-6-5-7-19(13-17)29-15-21(26)27/h5-11,13-14H,3-4,12,15H2,1-2H3,(H,26,27)/b20-14+,24-23?. The van der Waals surface area contributed by atoms with Gasteiger partial charge >= 0.3 is 5.97 Å². The molecule has 0 atom stereocenters. The molecule has 156 valence electrons. The molecule has 1 fully saturated rings. The van der Waals surface area contributed by atoms with Gasteiger partial charge in [-0.05, 0) is 61.0 Å². The van der Waals surface area contributed by atoms with Gasteiger partial charge < -0.3 is 9.84 Å². The van der Waals surface area contributed by atoms with Crippen molar-refractivity contribution in [3.05, 3.63) is 64.6 Å². The number of thioether (sulfide) groups is 1. The van der Waals surface area contributed by atoms with Crippen molar-refractivity contribution in [3.63, 3.8) is 0 Å². The number of benzene rings is 2. The molecule has 3 rings (SSSR count). The molecule has 0 unspecified atom stereocenters. The zero-order valence-electron chi connectivity index (χ0n) is 17.0. The molecule has 1 saturated heterocycles. The molecule has 1 aliphatic rings. The van der Waals surface area contributed by atoms with Crippen molar-refractivity contribution in [1.82, 2.24) is 4.90 Å². The topological polar surface area (TPSA) is 79.2 Å². The number of aliphatic carboxylic acids is 1. The molecular weight excluding hydrogens is 400 g/mol. The lowest BCUT2D eigenvalue weighted by Gasteiger charge is -2.14. The van der Waals surface area contributed by atoms with Crippen LogP contribution < -0.4 is 4.74 Å². The first-order valence-electron chi connectivity index (χ1n) is 9.77. The fourth-order valence-corrected chi connectivity index (χ4v) is 3.85. The van der Waals surface area contributed by atoms with Crippen LogP contribution in [0.15, 0.2) is 58.4 Å². The Morgan fingerprint density at radius 3 is 2.70 bits per heavy atom. The second kappa shape index (κ2) is 10.1. The number of hydrogen-bond donors (Lipinski definition) is 1. The third kappa shape index (κ3) is 5.73. The van der Waals surface area contributed by atoms with Gasteiger partial charge in [-0.25, -0.2) is 9.79 Å². The highest BCUT2D eigenvalue weighted by molar-refractivity contribution is 8.18. The summed E-state index contributed by atoms with van der Waals surface area (Å²) in [7, 11) is 0. The van der Waals surface area contributed by atoms with E-state index in [1.807, 2.05) is 37.3 Å². The summed E-state index contributed by atoms with van der Waals surface area (Å²) >= 11 is 1.35. The van der Waals surface area contributed by atoms with Gasteiger partial charge in [0.05, 0.1) is 10.6 Å². The first-order chi connectivity index (χ1) is 14.5. The molecule has 1 amide bonds. The first-order valence-corrected chi connectivity index (χ1v) is 10.6. The number of amidine groups is 1. The van der Waals surface area contributed by atoms with Crippen molar-refractivity contribution >= 4 is 40.6 Å². The lowest BCUT2D eigenvalue weighted by atomic mass is 10.2. The van der Waals surface area contributed by atoms with Crippen LogP contribution in [0.5, 0.6) is 5.75 Å². The molecule has 1 heterocycles. The van der Waals surface area contributed by atoms with Gasteiger partial charge in [0.2, 0.25) is 0 Å². The average Bonchev–Trinajstić information content (AvgIpc) is 3.01. The number of hydrogen-bond acceptors (Lipinski definition) is 5. The van der Waals surface area contributed by atoms with E-state index in [4.69, 9.17) is 14.8 Å². The lowest BCUT2D eigenvalue weighted by Crippen LogP contribution is -2.30. The predicted octanol–water partition coefficient (Wildman–Crippen LogP) is 4.86. The van der Waals surface area contributed by atoms with Crippen LogP contribution in [0.1, 0.15) is 30.9 Å². The van der Waals surface area contributed by atoms with Gasteiger partial charge in [-0.3, -0.25) is 9.69 Å². The first kappa shape index (κ1) is 21.6. The van der Waals surface area contributed by atoms with Crippen LogP contribution >= 0.6 is 11.8 Å². The second-order valence-electron chi connectivity index (χ2n) is 6.91. The van der Waals surface area contributed by atoms with Crippen LogP contribution in [0.25, 0.3) is 6.08 Å². The minimum absolute atomic E-state index is 0.0730. The molecule has 0 aliphatic carbocycles. The van der Waals surface area contributed by atoms with Crippen LogP contribution in [-0.4, -0.2) is 40.2 Å². The highest BCUT2D eigenvalue weighted by atomic mass is 32.2. The molecule has 7 heteroatoms. The quantitative estimate of drug-likeness (QED) is 0.612. The molecule has 1 aliphatic heterocycles. The van der Waals surface area contributed by atoms with Crippen molar-refractivity contribution in [1.29, 1.82) is 0 Å². The van der Waals surface area contributed by atoms with Gasteiger partial charge in [0.25, 0.3) is 5.91 Å². The van der Waals surface area contributed by atoms with E-state index in [1.54, 1.807) is 29.2 Å². The summed E-state index contributed by atoms with van der Waals surface area (Å²) in [6.07, 6.45) is 3.66. The Kier molecular flexibility index (Phi) is 7.30. The van der Waals surface area contributed by atoms with Crippen LogP contribution in [-0.2, 0) is 9.59 Å². The number of ether oxygens (including phenoxy) is 1. The smallest absolute Gasteiger partial charge is 0.341 e. The Labute approximate surface area is 180 Å². The molecule has 0 bridgehead atoms. The summed E-state index contributed by atoms with van der Waals surface area (Å²) in [5, 5.41) is 9.44. The molecule has 2 aromatic rings. The van der Waals surface area contributed by atoms with Gasteiger partial charge in [0.15, 0.2) is 11.8 Å². The number of carbonyl (C=O) groups is 2. The number of carbonyl (C=O) groups excluding carboxylic acids is 1. The Balaban J connectivity index is 1.86. The molecule has 0 spiro atoms. The van der Waals surface area contributed by atoms with Gasteiger partial charge in [0.1, 0.15) is 5.75 Å². The molecule has 1 N–H and O–H groups in total. The maximum Gasteiger partial charge on any atom is 0.341 e. The molecule has 0 radical (unpaired) electrons. The van der Waals surface area contributed by atoms with Crippen LogP contribution in [0, 0.1) is 6.92 Å². The van der Waals surface area contributed by atoms with Crippen molar-refractivity contribution in [2.45, 2.75) is 26.7 Å². The van der Waals surface area contributed by atoms with Crippen LogP contribution in [0.2, 0.25) is 0 Å². The van der Waals surface area contributed by atoms with Gasteiger partial charge in [0, 0.05) is 6.54 Å². The Morgan fingerprint density at radius 2 is 2.00 bits per heavy atom. The summed E-state index contributed by atoms with van der Waals surface area (Å²) in [6.45, 7) is 4.31. The molecule has 0 aromatic heterocycles. The fraction of sp³-hybridized carbons (Fsp3) is 0.261. The number of nitrogens with zero attached hydrogens (tertiary/aromatic N) is 2. The molecule has 0 saturated carbocycles. The average molecular weight is 425 g/mol. The van der Waals surface area contributed by atoms with E-state index in [9.17, 15) is 9.59 Å². The Bertz CT molecular complexity index is 983. The van der Waals surface area contributed by atoms with E-state index < -0.39 is 12.6 Å². The van der Waals surface area contributed by atoms with E-state index in [-0.39, 0.29) is 5.91 Å². The number of aryl methyl sites for hydroxylation is 1. The molecular formula is C23H24N2O4S. The van der Waals surface area contributed by atoms with Crippen molar-refractivity contribution in [3.8, 4) is 5.75 Å². The van der Waals surface area contributed by atoms with Crippen LogP contribution in [0.4, 0.5) is 5.69 Å². The Morgan fingerprint density at radius 1 is 1.23 bits per heavy atom. The van der Waals surface area contributed by atoms with Gasteiger partial charge in [-0.15, -0.1) is 0 Å². The highest BCUT2D eigenvalue weighted by Crippen LogP contribution is 2.34. The van der Waals surface area contributed by atoms with E-state index >= 15 is 0 Å². The van der Waals surface area contributed by atoms with E-state index in [0.29, 0.717) is 22.4 Å². The SMILES string of the molecule is CCCCN1C(=O)/C(=C\c2cccc(OCC(=O)O)c2)SC1=Nc1ccc(C)cc1. The second-order valence-corrected chi connectivity index (χ2v) is 7.91. The Hall–Kier alpha value is -3.06. The molecule has 2 aromatic carbocycles. The number of aliphatic imine (C=N–C) groups is 1. The number of carboxylic acid groups (broad SMARTS) is 1. The van der Waals surface area contributed by atoms with Crippen molar-refractivity contribution in [2.75, 3.05) is 13.2 Å². The maximum absolute atomic E-state index is 13.0. The summed E-state index contributed by atoms with van der Waals surface area (Å²) in [5.74, 6) is -0.668. The number of carboxylic acids is 1.